The van der Waals surface area contributed by atoms with E-state index in [9.17, 15) is 14.4 Å². The fraction of sp³-hybridized carbons (Fsp3) is 0.844. The zero-order valence-corrected chi connectivity index (χ0v) is 26.3. The Hall–Kier alpha value is -1.93. The van der Waals surface area contributed by atoms with E-state index in [-0.39, 0.29) is 48.4 Å². The second kappa shape index (κ2) is 17.8. The predicted molar refractivity (Wildman–Crippen MR) is 162 cm³/mol. The number of likely N-dealkylation sites (N-methyl/N-ethyl adjacent to an activating group) is 1. The van der Waals surface area contributed by atoms with Gasteiger partial charge in [-0.15, -0.1) is 0 Å². The maximum absolute atomic E-state index is 13.5. The second-order valence-corrected chi connectivity index (χ2v) is 12.6. The molecule has 8 nitrogen and oxygen atoms in total. The summed E-state index contributed by atoms with van der Waals surface area (Å²) >= 11 is 0. The van der Waals surface area contributed by atoms with Gasteiger partial charge in [0.25, 0.3) is 0 Å². The minimum Gasteiger partial charge on any atom is -0.396 e. The standard InChI is InChI=1S/C32H58N4O4/c1-24(2)29(33-30(38)28-18-12-14-20-35(28)25(3)4)32(40)34(6)22-19-26(5)31(39)36-21-13-9-11-17-27(36)16-10-7-8-15-23-37/h19,24-25,27-29,37H,7-18,20-23H2,1-6H3,(H,33,38)/b26-19+. The molecule has 0 aromatic heterocycles. The van der Waals surface area contributed by atoms with E-state index < -0.39 is 6.04 Å². The van der Waals surface area contributed by atoms with Gasteiger partial charge in [-0.05, 0) is 71.8 Å². The van der Waals surface area contributed by atoms with Gasteiger partial charge in [0.15, 0.2) is 0 Å². The summed E-state index contributed by atoms with van der Waals surface area (Å²) < 4.78 is 0. The van der Waals surface area contributed by atoms with Gasteiger partial charge < -0.3 is 20.2 Å². The Bertz CT molecular complexity index is 828. The van der Waals surface area contributed by atoms with Gasteiger partial charge in [-0.25, -0.2) is 0 Å². The molecule has 0 aliphatic carbocycles. The van der Waals surface area contributed by atoms with E-state index in [1.165, 1.54) is 0 Å². The number of hydrogen-bond donors (Lipinski definition) is 2. The molecule has 0 saturated carbocycles. The van der Waals surface area contributed by atoms with Gasteiger partial charge in [-0.1, -0.05) is 58.4 Å². The lowest BCUT2D eigenvalue weighted by Crippen LogP contribution is -2.57. The molecule has 8 heteroatoms. The SMILES string of the molecule is C/C(=C\CN(C)C(=O)C(NC(=O)C1CCCCN1C(C)C)C(C)C)C(=O)N1CCCCCC1CCCCCCO. The topological polar surface area (TPSA) is 93.2 Å². The smallest absolute Gasteiger partial charge is 0.249 e. The van der Waals surface area contributed by atoms with Gasteiger partial charge in [-0.3, -0.25) is 19.3 Å². The van der Waals surface area contributed by atoms with Gasteiger partial charge >= 0.3 is 0 Å². The van der Waals surface area contributed by atoms with Crippen LogP contribution in [0.1, 0.15) is 112 Å². The highest BCUT2D eigenvalue weighted by Crippen LogP contribution is 2.24. The normalized spacial score (nSPS) is 21.8. The average molecular weight is 563 g/mol. The van der Waals surface area contributed by atoms with E-state index in [1.807, 2.05) is 26.8 Å². The van der Waals surface area contributed by atoms with Crippen LogP contribution in [0.5, 0.6) is 0 Å². The van der Waals surface area contributed by atoms with E-state index >= 15 is 0 Å². The fourth-order valence-electron chi connectivity index (χ4n) is 6.12. The Morgan fingerprint density at radius 2 is 1.62 bits per heavy atom. The molecule has 2 N–H and O–H groups in total. The molecule has 0 aromatic rings. The minimum atomic E-state index is -0.598. The lowest BCUT2D eigenvalue weighted by molar-refractivity contribution is -0.138. The van der Waals surface area contributed by atoms with E-state index in [0.29, 0.717) is 12.1 Å². The highest BCUT2D eigenvalue weighted by molar-refractivity contribution is 5.93. The summed E-state index contributed by atoms with van der Waals surface area (Å²) in [6.45, 7) is 12.3. The number of rotatable bonds is 14. The zero-order valence-electron chi connectivity index (χ0n) is 26.3. The molecule has 40 heavy (non-hydrogen) atoms. The highest BCUT2D eigenvalue weighted by atomic mass is 16.3. The first-order chi connectivity index (χ1) is 19.1. The average Bonchev–Trinajstić information content (AvgIpc) is 3.18. The van der Waals surface area contributed by atoms with Crippen molar-refractivity contribution in [2.24, 2.45) is 5.92 Å². The van der Waals surface area contributed by atoms with Crippen molar-refractivity contribution in [3.63, 3.8) is 0 Å². The number of carbonyl (C=O) groups excluding carboxylic acids is 3. The number of amides is 3. The fourth-order valence-corrected chi connectivity index (χ4v) is 6.12. The van der Waals surface area contributed by atoms with Crippen LogP contribution in [0.15, 0.2) is 11.6 Å². The van der Waals surface area contributed by atoms with Crippen LogP contribution in [-0.4, -0.2) is 95.0 Å². The Morgan fingerprint density at radius 1 is 0.950 bits per heavy atom. The molecule has 2 aliphatic heterocycles. The molecule has 3 unspecified atom stereocenters. The Labute approximate surface area is 243 Å². The molecule has 3 amide bonds. The maximum atomic E-state index is 13.5. The molecular formula is C32H58N4O4. The van der Waals surface area contributed by atoms with Crippen LogP contribution in [-0.2, 0) is 14.4 Å². The van der Waals surface area contributed by atoms with Crippen LogP contribution in [0, 0.1) is 5.92 Å². The number of nitrogens with one attached hydrogen (secondary N) is 1. The van der Waals surface area contributed by atoms with Crippen molar-refractivity contribution in [1.29, 1.82) is 0 Å². The molecule has 230 valence electrons. The maximum Gasteiger partial charge on any atom is 0.249 e. The lowest BCUT2D eigenvalue weighted by Gasteiger charge is -2.38. The monoisotopic (exact) mass is 562 g/mol. The third-order valence-corrected chi connectivity index (χ3v) is 8.71. The van der Waals surface area contributed by atoms with Crippen molar-refractivity contribution in [2.45, 2.75) is 136 Å². The van der Waals surface area contributed by atoms with Gasteiger partial charge in [0.2, 0.25) is 17.7 Å². The van der Waals surface area contributed by atoms with Crippen LogP contribution < -0.4 is 5.32 Å². The van der Waals surface area contributed by atoms with Crippen LogP contribution >= 0.6 is 0 Å². The number of likely N-dealkylation sites (tertiary alicyclic amines) is 2. The molecule has 0 bridgehead atoms. The van der Waals surface area contributed by atoms with Crippen LogP contribution in [0.2, 0.25) is 0 Å². The van der Waals surface area contributed by atoms with Crippen molar-refractivity contribution < 1.29 is 19.5 Å². The number of aliphatic hydroxyl groups is 1. The first-order valence-corrected chi connectivity index (χ1v) is 16.0. The van der Waals surface area contributed by atoms with Crippen molar-refractivity contribution in [3.8, 4) is 0 Å². The number of piperidine rings is 1. The van der Waals surface area contributed by atoms with E-state index in [2.05, 4.69) is 29.0 Å². The van der Waals surface area contributed by atoms with Crippen molar-refractivity contribution >= 4 is 17.7 Å². The molecule has 2 aliphatic rings. The Kier molecular flexibility index (Phi) is 15.2. The molecule has 2 saturated heterocycles. The van der Waals surface area contributed by atoms with E-state index in [4.69, 9.17) is 5.11 Å². The minimum absolute atomic E-state index is 0.0445. The Morgan fingerprint density at radius 3 is 2.30 bits per heavy atom. The summed E-state index contributed by atoms with van der Waals surface area (Å²) in [5.74, 6) is -0.151. The number of hydrogen-bond acceptors (Lipinski definition) is 5. The molecule has 0 radical (unpaired) electrons. The van der Waals surface area contributed by atoms with Crippen molar-refractivity contribution in [3.05, 3.63) is 11.6 Å². The summed E-state index contributed by atoms with van der Waals surface area (Å²) in [5.41, 5.74) is 0.673. The highest BCUT2D eigenvalue weighted by Gasteiger charge is 2.34. The number of nitrogens with zero attached hydrogens (tertiary/aromatic N) is 3. The quantitative estimate of drug-likeness (QED) is 0.240. The Balaban J connectivity index is 2.00. The molecule has 2 fully saturated rings. The van der Waals surface area contributed by atoms with Crippen molar-refractivity contribution in [2.75, 3.05) is 33.3 Å². The van der Waals surface area contributed by atoms with Crippen LogP contribution in [0.3, 0.4) is 0 Å². The number of aliphatic hydroxyl groups excluding tert-OH is 1. The van der Waals surface area contributed by atoms with Gasteiger partial charge in [0.05, 0.1) is 6.04 Å². The van der Waals surface area contributed by atoms with Gasteiger partial charge in [0.1, 0.15) is 6.04 Å². The molecule has 0 spiro atoms. The molecular weight excluding hydrogens is 504 g/mol. The van der Waals surface area contributed by atoms with Gasteiger partial charge in [-0.2, -0.15) is 0 Å². The number of unbranched alkanes of at least 4 members (excludes halogenated alkanes) is 3. The second-order valence-electron chi connectivity index (χ2n) is 12.6. The molecule has 3 atom stereocenters. The van der Waals surface area contributed by atoms with Crippen molar-refractivity contribution in [1.82, 2.24) is 20.0 Å². The van der Waals surface area contributed by atoms with Gasteiger partial charge in [0, 0.05) is 44.4 Å². The lowest BCUT2D eigenvalue weighted by atomic mass is 9.97. The van der Waals surface area contributed by atoms with E-state index in [0.717, 1.165) is 90.1 Å². The number of carbonyl (C=O) groups is 3. The van der Waals surface area contributed by atoms with E-state index in [1.54, 1.807) is 11.9 Å². The molecule has 0 aromatic carbocycles. The van der Waals surface area contributed by atoms with Crippen LogP contribution in [0.25, 0.3) is 0 Å². The van der Waals surface area contributed by atoms with Crippen LogP contribution in [0.4, 0.5) is 0 Å². The summed E-state index contributed by atoms with van der Waals surface area (Å²) in [5, 5.41) is 12.1. The largest absolute Gasteiger partial charge is 0.396 e. The zero-order chi connectivity index (χ0) is 29.7. The first-order valence-electron chi connectivity index (χ1n) is 16.0. The summed E-state index contributed by atoms with van der Waals surface area (Å²) in [7, 11) is 1.75. The summed E-state index contributed by atoms with van der Waals surface area (Å²) in [6.07, 6.45) is 14.3. The first kappa shape index (κ1) is 34.3. The summed E-state index contributed by atoms with van der Waals surface area (Å²) in [4.78, 5) is 46.1. The third-order valence-electron chi connectivity index (χ3n) is 8.71. The molecule has 2 rings (SSSR count). The molecule has 2 heterocycles. The summed E-state index contributed by atoms with van der Waals surface area (Å²) in [6, 6.07) is -0.243. The third kappa shape index (κ3) is 10.5. The predicted octanol–water partition coefficient (Wildman–Crippen LogP) is 4.51.